The average molecular weight is 380 g/mol. The van der Waals surface area contributed by atoms with Crippen molar-refractivity contribution in [2.75, 3.05) is 11.9 Å². The van der Waals surface area contributed by atoms with E-state index in [2.05, 4.69) is 15.8 Å². The van der Waals surface area contributed by atoms with Crippen molar-refractivity contribution in [2.45, 2.75) is 31.7 Å². The zero-order chi connectivity index (χ0) is 19.8. The third kappa shape index (κ3) is 6.42. The molecule has 7 heteroatoms. The van der Waals surface area contributed by atoms with E-state index in [4.69, 9.17) is 10.6 Å². The van der Waals surface area contributed by atoms with Crippen molar-refractivity contribution in [1.82, 2.24) is 5.32 Å². The maximum atomic E-state index is 12.1. The zero-order valence-corrected chi connectivity index (χ0v) is 15.6. The lowest BCUT2D eigenvalue weighted by atomic mass is 10.1. The van der Waals surface area contributed by atoms with Crippen LogP contribution >= 0.6 is 0 Å². The molecular weight excluding hydrogens is 356 g/mol. The maximum Gasteiger partial charge on any atom is 0.265 e. The van der Waals surface area contributed by atoms with Gasteiger partial charge >= 0.3 is 0 Å². The third-order valence-corrected chi connectivity index (χ3v) is 4.21. The summed E-state index contributed by atoms with van der Waals surface area (Å²) in [7, 11) is 0. The topological polar surface area (TPSA) is 106 Å². The highest BCUT2D eigenvalue weighted by Crippen LogP contribution is 2.20. The minimum absolute atomic E-state index is 0.134. The molecule has 7 nitrogen and oxygen atoms in total. The Morgan fingerprint density at radius 3 is 2.64 bits per heavy atom. The largest absolute Gasteiger partial charge is 0.384 e. The van der Waals surface area contributed by atoms with E-state index in [0.29, 0.717) is 23.5 Å². The molecule has 146 valence electrons. The van der Waals surface area contributed by atoms with Crippen LogP contribution in [0.4, 0.5) is 5.69 Å². The highest BCUT2D eigenvalue weighted by molar-refractivity contribution is 5.97. The fourth-order valence-corrected chi connectivity index (χ4v) is 2.57. The first kappa shape index (κ1) is 19.4. The SMILES string of the molecule is N/C(CCc1ccccc1)=N\OCC(=O)Nc1cccc(C(=O)NC2CC2)c1. The summed E-state index contributed by atoms with van der Waals surface area (Å²) >= 11 is 0. The van der Waals surface area contributed by atoms with Gasteiger partial charge in [0.05, 0.1) is 0 Å². The highest BCUT2D eigenvalue weighted by atomic mass is 16.6. The molecule has 4 N–H and O–H groups in total. The van der Waals surface area contributed by atoms with Gasteiger partial charge in [0.15, 0.2) is 6.61 Å². The Balaban J connectivity index is 1.41. The molecule has 0 radical (unpaired) electrons. The number of nitrogens with zero attached hydrogens (tertiary/aromatic N) is 1. The Morgan fingerprint density at radius 2 is 1.89 bits per heavy atom. The summed E-state index contributed by atoms with van der Waals surface area (Å²) in [6.45, 7) is -0.259. The van der Waals surface area contributed by atoms with Crippen LogP contribution in [-0.2, 0) is 16.1 Å². The van der Waals surface area contributed by atoms with Crippen molar-refractivity contribution in [2.24, 2.45) is 10.9 Å². The summed E-state index contributed by atoms with van der Waals surface area (Å²) in [4.78, 5) is 29.1. The summed E-state index contributed by atoms with van der Waals surface area (Å²) in [6.07, 6.45) is 3.34. The number of nitrogens with one attached hydrogen (secondary N) is 2. The van der Waals surface area contributed by atoms with Crippen LogP contribution in [0, 0.1) is 0 Å². The summed E-state index contributed by atoms with van der Waals surface area (Å²) in [5.74, 6) is -0.180. The lowest BCUT2D eigenvalue weighted by molar-refractivity contribution is -0.120. The van der Waals surface area contributed by atoms with Crippen molar-refractivity contribution in [3.05, 3.63) is 65.7 Å². The summed E-state index contributed by atoms with van der Waals surface area (Å²) in [6, 6.07) is 17.0. The number of carbonyl (C=O) groups excluding carboxylic acids is 2. The van der Waals surface area contributed by atoms with Gasteiger partial charge < -0.3 is 21.2 Å². The molecule has 0 heterocycles. The molecule has 0 spiro atoms. The van der Waals surface area contributed by atoms with Crippen LogP contribution in [0.1, 0.15) is 35.2 Å². The van der Waals surface area contributed by atoms with Crippen LogP contribution in [0.15, 0.2) is 59.8 Å². The molecular formula is C21H24N4O3. The number of hydrogen-bond donors (Lipinski definition) is 3. The maximum absolute atomic E-state index is 12.1. The number of anilines is 1. The first-order valence-electron chi connectivity index (χ1n) is 9.29. The van der Waals surface area contributed by atoms with Gasteiger partial charge in [-0.2, -0.15) is 0 Å². The fourth-order valence-electron chi connectivity index (χ4n) is 2.57. The number of rotatable bonds is 9. The number of amides is 2. The minimum atomic E-state index is -0.376. The molecule has 28 heavy (non-hydrogen) atoms. The van der Waals surface area contributed by atoms with Crippen LogP contribution < -0.4 is 16.4 Å². The van der Waals surface area contributed by atoms with Gasteiger partial charge in [-0.05, 0) is 43.0 Å². The Morgan fingerprint density at radius 1 is 1.11 bits per heavy atom. The van der Waals surface area contributed by atoms with Crippen LogP contribution in [-0.4, -0.2) is 30.3 Å². The molecule has 1 saturated carbocycles. The Hall–Kier alpha value is -3.35. The summed E-state index contributed by atoms with van der Waals surface area (Å²) < 4.78 is 0. The van der Waals surface area contributed by atoms with Crippen molar-refractivity contribution >= 4 is 23.3 Å². The van der Waals surface area contributed by atoms with E-state index >= 15 is 0 Å². The van der Waals surface area contributed by atoms with Crippen LogP contribution in [0.5, 0.6) is 0 Å². The highest BCUT2D eigenvalue weighted by Gasteiger charge is 2.23. The molecule has 0 atom stereocenters. The lowest BCUT2D eigenvalue weighted by Gasteiger charge is -2.08. The number of hydrogen-bond acceptors (Lipinski definition) is 4. The molecule has 2 aromatic rings. The van der Waals surface area contributed by atoms with Gasteiger partial charge in [0.1, 0.15) is 5.84 Å². The van der Waals surface area contributed by atoms with Crippen LogP contribution in [0.25, 0.3) is 0 Å². The molecule has 3 rings (SSSR count). The van der Waals surface area contributed by atoms with Crippen molar-refractivity contribution < 1.29 is 14.4 Å². The Kier molecular flexibility index (Phi) is 6.62. The van der Waals surface area contributed by atoms with E-state index in [0.717, 1.165) is 24.8 Å². The Labute approximate surface area is 163 Å². The Bertz CT molecular complexity index is 848. The van der Waals surface area contributed by atoms with E-state index < -0.39 is 0 Å². The van der Waals surface area contributed by atoms with Crippen molar-refractivity contribution in [3.8, 4) is 0 Å². The smallest absolute Gasteiger partial charge is 0.265 e. The summed E-state index contributed by atoms with van der Waals surface area (Å²) in [5.41, 5.74) is 8.00. The van der Waals surface area contributed by atoms with E-state index in [1.54, 1.807) is 24.3 Å². The van der Waals surface area contributed by atoms with Gasteiger partial charge in [0.25, 0.3) is 11.8 Å². The molecule has 0 unspecified atom stereocenters. The predicted molar refractivity (Wildman–Crippen MR) is 108 cm³/mol. The number of amidine groups is 1. The molecule has 2 aromatic carbocycles. The van der Waals surface area contributed by atoms with Gasteiger partial charge in [-0.15, -0.1) is 0 Å². The minimum Gasteiger partial charge on any atom is -0.384 e. The second-order valence-electron chi connectivity index (χ2n) is 6.72. The van der Waals surface area contributed by atoms with Gasteiger partial charge in [-0.1, -0.05) is 41.6 Å². The normalized spacial score (nSPS) is 13.6. The van der Waals surface area contributed by atoms with Gasteiger partial charge in [-0.3, -0.25) is 9.59 Å². The lowest BCUT2D eigenvalue weighted by Crippen LogP contribution is -2.25. The molecule has 1 fully saturated rings. The summed E-state index contributed by atoms with van der Waals surface area (Å²) in [5, 5.41) is 9.37. The molecule has 1 aliphatic rings. The second kappa shape index (κ2) is 9.55. The number of aryl methyl sites for hydroxylation is 1. The molecule has 0 aromatic heterocycles. The fraction of sp³-hybridized carbons (Fsp3) is 0.286. The van der Waals surface area contributed by atoms with E-state index in [1.807, 2.05) is 30.3 Å². The number of carbonyl (C=O) groups is 2. The number of benzene rings is 2. The van der Waals surface area contributed by atoms with Gasteiger partial charge in [0.2, 0.25) is 0 Å². The quantitative estimate of drug-likeness (QED) is 0.353. The van der Waals surface area contributed by atoms with E-state index in [9.17, 15) is 9.59 Å². The molecule has 0 aliphatic heterocycles. The first-order chi connectivity index (χ1) is 13.6. The average Bonchev–Trinajstić information content (AvgIpc) is 3.51. The number of nitrogens with two attached hydrogens (primary N) is 1. The van der Waals surface area contributed by atoms with E-state index in [-0.39, 0.29) is 24.5 Å². The van der Waals surface area contributed by atoms with Crippen LogP contribution in [0.2, 0.25) is 0 Å². The molecule has 2 amide bonds. The second-order valence-corrected chi connectivity index (χ2v) is 6.72. The molecule has 0 bridgehead atoms. The molecule has 0 saturated heterocycles. The first-order valence-corrected chi connectivity index (χ1v) is 9.29. The zero-order valence-electron chi connectivity index (χ0n) is 15.6. The predicted octanol–water partition coefficient (Wildman–Crippen LogP) is 2.44. The monoisotopic (exact) mass is 380 g/mol. The third-order valence-electron chi connectivity index (χ3n) is 4.21. The standard InChI is InChI=1S/C21H24N4O3/c22-19(12-9-15-5-2-1-3-6-15)25-28-14-20(26)23-18-8-4-7-16(13-18)21(27)24-17-10-11-17/h1-8,13,17H,9-12,14H2,(H2,22,25)(H,23,26)(H,24,27). The number of oxime groups is 1. The van der Waals surface area contributed by atoms with Gasteiger partial charge in [0, 0.05) is 23.7 Å². The van der Waals surface area contributed by atoms with Crippen LogP contribution in [0.3, 0.4) is 0 Å². The van der Waals surface area contributed by atoms with Gasteiger partial charge in [-0.25, -0.2) is 0 Å². The van der Waals surface area contributed by atoms with Crippen molar-refractivity contribution in [3.63, 3.8) is 0 Å². The molecule has 1 aliphatic carbocycles. The van der Waals surface area contributed by atoms with Crippen molar-refractivity contribution in [1.29, 1.82) is 0 Å². The van der Waals surface area contributed by atoms with E-state index in [1.165, 1.54) is 0 Å².